The van der Waals surface area contributed by atoms with Crippen LogP contribution in [-0.2, 0) is 4.79 Å². The summed E-state index contributed by atoms with van der Waals surface area (Å²) in [7, 11) is 3.72. The molecule has 0 radical (unpaired) electrons. The van der Waals surface area contributed by atoms with Crippen LogP contribution in [0.3, 0.4) is 0 Å². The minimum atomic E-state index is -0.306. The number of rotatable bonds is 6. The molecule has 17 heavy (non-hydrogen) atoms. The molecule has 0 saturated heterocycles. The van der Waals surface area contributed by atoms with Crippen molar-refractivity contribution >= 4 is 5.91 Å². The average Bonchev–Trinajstić information content (AvgIpc) is 2.36. The van der Waals surface area contributed by atoms with Crippen LogP contribution in [0.1, 0.15) is 38.5 Å². The first-order chi connectivity index (χ1) is 8.15. The number of likely N-dealkylation sites (N-methyl/N-ethyl adjacent to an activating group) is 2. The van der Waals surface area contributed by atoms with Gasteiger partial charge in [-0.15, -0.1) is 0 Å². The lowest BCUT2D eigenvalue weighted by molar-refractivity contribution is -0.131. The lowest BCUT2D eigenvalue weighted by Gasteiger charge is -2.26. The first-order valence-corrected chi connectivity index (χ1v) is 6.80. The normalized spacial score (nSPS) is 19.0. The van der Waals surface area contributed by atoms with Gasteiger partial charge in [0.1, 0.15) is 0 Å². The maximum atomic E-state index is 12.0. The lowest BCUT2D eigenvalue weighted by atomic mass is 9.85. The van der Waals surface area contributed by atoms with Gasteiger partial charge in [0.25, 0.3) is 0 Å². The second-order valence-electron chi connectivity index (χ2n) is 5.21. The van der Waals surface area contributed by atoms with Gasteiger partial charge < -0.3 is 16.0 Å². The fraction of sp³-hybridized carbons (Fsp3) is 0.923. The van der Waals surface area contributed by atoms with Crippen molar-refractivity contribution in [2.75, 3.05) is 27.2 Å². The molecule has 1 fully saturated rings. The molecule has 1 aliphatic carbocycles. The summed E-state index contributed by atoms with van der Waals surface area (Å²) in [5.41, 5.74) is 6.01. The molecular formula is C13H27N3O. The van der Waals surface area contributed by atoms with E-state index >= 15 is 0 Å². The Morgan fingerprint density at radius 3 is 2.65 bits per heavy atom. The summed E-state index contributed by atoms with van der Waals surface area (Å²) >= 11 is 0. The lowest BCUT2D eigenvalue weighted by Crippen LogP contribution is -2.44. The van der Waals surface area contributed by atoms with Crippen molar-refractivity contribution in [2.45, 2.75) is 44.6 Å². The molecule has 100 valence electrons. The molecule has 0 aliphatic heterocycles. The van der Waals surface area contributed by atoms with Gasteiger partial charge in [0.05, 0.1) is 6.04 Å². The molecule has 0 bridgehead atoms. The van der Waals surface area contributed by atoms with E-state index < -0.39 is 0 Å². The Bertz CT molecular complexity index is 227. The van der Waals surface area contributed by atoms with E-state index in [0.29, 0.717) is 5.92 Å². The van der Waals surface area contributed by atoms with Crippen molar-refractivity contribution in [3.63, 3.8) is 0 Å². The zero-order valence-corrected chi connectivity index (χ0v) is 11.2. The molecule has 3 N–H and O–H groups in total. The Kier molecular flexibility index (Phi) is 6.52. The number of nitrogens with zero attached hydrogens (tertiary/aromatic N) is 1. The predicted octanol–water partition coefficient (Wildman–Crippen LogP) is 0.962. The molecule has 1 aliphatic rings. The quantitative estimate of drug-likeness (QED) is 0.728. The van der Waals surface area contributed by atoms with Crippen molar-refractivity contribution in [3.05, 3.63) is 0 Å². The van der Waals surface area contributed by atoms with Gasteiger partial charge in [-0.3, -0.25) is 4.79 Å². The van der Waals surface area contributed by atoms with E-state index in [1.807, 2.05) is 14.1 Å². The molecule has 1 atom stereocenters. The van der Waals surface area contributed by atoms with E-state index in [9.17, 15) is 4.79 Å². The first-order valence-electron chi connectivity index (χ1n) is 6.80. The summed E-state index contributed by atoms with van der Waals surface area (Å²) < 4.78 is 0. The van der Waals surface area contributed by atoms with Crippen LogP contribution in [-0.4, -0.2) is 44.0 Å². The Morgan fingerprint density at radius 1 is 1.41 bits per heavy atom. The highest BCUT2D eigenvalue weighted by atomic mass is 16.2. The van der Waals surface area contributed by atoms with E-state index in [-0.39, 0.29) is 11.9 Å². The first kappa shape index (κ1) is 14.5. The Hall–Kier alpha value is -0.610. The molecule has 0 aromatic heterocycles. The maximum absolute atomic E-state index is 12.0. The molecule has 1 saturated carbocycles. The van der Waals surface area contributed by atoms with Gasteiger partial charge in [-0.05, 0) is 19.4 Å². The van der Waals surface area contributed by atoms with Crippen LogP contribution in [0.2, 0.25) is 0 Å². The summed E-state index contributed by atoms with van der Waals surface area (Å²) in [4.78, 5) is 13.7. The second-order valence-corrected chi connectivity index (χ2v) is 5.21. The Morgan fingerprint density at radius 2 is 2.06 bits per heavy atom. The number of carbonyl (C=O) groups excluding carboxylic acids is 1. The van der Waals surface area contributed by atoms with E-state index in [1.165, 1.54) is 32.1 Å². The van der Waals surface area contributed by atoms with E-state index in [0.717, 1.165) is 19.5 Å². The fourth-order valence-corrected chi connectivity index (χ4v) is 2.56. The molecule has 1 amide bonds. The van der Waals surface area contributed by atoms with E-state index in [4.69, 9.17) is 5.73 Å². The number of carbonyl (C=O) groups is 1. The minimum absolute atomic E-state index is 0.0887. The molecule has 1 rings (SSSR count). The van der Waals surface area contributed by atoms with Crippen molar-refractivity contribution in [1.29, 1.82) is 0 Å². The van der Waals surface area contributed by atoms with Gasteiger partial charge >= 0.3 is 0 Å². The van der Waals surface area contributed by atoms with Gasteiger partial charge in [-0.1, -0.05) is 32.1 Å². The predicted molar refractivity (Wildman–Crippen MR) is 70.7 cm³/mol. The minimum Gasteiger partial charge on any atom is -0.343 e. The Balaban J connectivity index is 2.29. The Labute approximate surface area is 105 Å². The summed E-state index contributed by atoms with van der Waals surface area (Å²) in [6, 6.07) is -0.306. The van der Waals surface area contributed by atoms with Crippen LogP contribution < -0.4 is 11.1 Å². The maximum Gasteiger partial charge on any atom is 0.239 e. The van der Waals surface area contributed by atoms with Gasteiger partial charge in [0, 0.05) is 20.1 Å². The van der Waals surface area contributed by atoms with Crippen LogP contribution in [0.15, 0.2) is 0 Å². The van der Waals surface area contributed by atoms with Crippen LogP contribution in [0.4, 0.5) is 0 Å². The third kappa shape index (κ3) is 5.04. The van der Waals surface area contributed by atoms with Crippen LogP contribution in [0.25, 0.3) is 0 Å². The number of nitrogens with one attached hydrogen (secondary N) is 1. The summed E-state index contributed by atoms with van der Waals surface area (Å²) in [5.74, 6) is 0.756. The van der Waals surface area contributed by atoms with Crippen LogP contribution in [0.5, 0.6) is 0 Å². The molecule has 0 aromatic rings. The topological polar surface area (TPSA) is 58.4 Å². The molecular weight excluding hydrogens is 214 g/mol. The summed E-state index contributed by atoms with van der Waals surface area (Å²) in [6.07, 6.45) is 7.33. The molecule has 1 unspecified atom stereocenters. The standard InChI is InChI=1S/C13H27N3O/c1-15-8-9-16(2)13(17)12(14)10-11-6-4-3-5-7-11/h11-12,15H,3-10,14H2,1-2H3. The van der Waals surface area contributed by atoms with Crippen molar-refractivity contribution in [3.8, 4) is 0 Å². The van der Waals surface area contributed by atoms with Crippen molar-refractivity contribution in [1.82, 2.24) is 10.2 Å². The van der Waals surface area contributed by atoms with E-state index in [2.05, 4.69) is 5.32 Å². The summed E-state index contributed by atoms with van der Waals surface area (Å²) in [6.45, 7) is 1.55. The zero-order chi connectivity index (χ0) is 12.7. The molecule has 4 nitrogen and oxygen atoms in total. The van der Waals surface area contributed by atoms with Crippen LogP contribution >= 0.6 is 0 Å². The highest BCUT2D eigenvalue weighted by Crippen LogP contribution is 2.27. The molecule has 4 heteroatoms. The third-order valence-electron chi connectivity index (χ3n) is 3.70. The number of nitrogens with two attached hydrogens (primary N) is 1. The third-order valence-corrected chi connectivity index (χ3v) is 3.70. The monoisotopic (exact) mass is 241 g/mol. The van der Waals surface area contributed by atoms with Crippen molar-refractivity contribution in [2.24, 2.45) is 11.7 Å². The van der Waals surface area contributed by atoms with Gasteiger partial charge in [0.15, 0.2) is 0 Å². The van der Waals surface area contributed by atoms with Gasteiger partial charge in [-0.25, -0.2) is 0 Å². The molecule has 0 aromatic carbocycles. The second kappa shape index (κ2) is 7.67. The van der Waals surface area contributed by atoms with Crippen LogP contribution in [0, 0.1) is 5.92 Å². The fourth-order valence-electron chi connectivity index (χ4n) is 2.56. The smallest absolute Gasteiger partial charge is 0.239 e. The summed E-state index contributed by atoms with van der Waals surface area (Å²) in [5, 5.41) is 3.04. The highest BCUT2D eigenvalue weighted by molar-refractivity contribution is 5.81. The number of hydrogen-bond donors (Lipinski definition) is 2. The van der Waals surface area contributed by atoms with Crippen molar-refractivity contribution < 1.29 is 4.79 Å². The SMILES string of the molecule is CNCCN(C)C(=O)C(N)CC1CCCCC1. The number of amides is 1. The largest absolute Gasteiger partial charge is 0.343 e. The molecule has 0 heterocycles. The highest BCUT2D eigenvalue weighted by Gasteiger charge is 2.23. The average molecular weight is 241 g/mol. The van der Waals surface area contributed by atoms with Gasteiger partial charge in [-0.2, -0.15) is 0 Å². The number of hydrogen-bond acceptors (Lipinski definition) is 3. The van der Waals surface area contributed by atoms with Gasteiger partial charge in [0.2, 0.25) is 5.91 Å². The van der Waals surface area contributed by atoms with E-state index in [1.54, 1.807) is 4.90 Å². The zero-order valence-electron chi connectivity index (χ0n) is 11.2. The molecule has 0 spiro atoms.